The van der Waals surface area contributed by atoms with E-state index in [0.717, 1.165) is 6.54 Å². The van der Waals surface area contributed by atoms with E-state index in [2.05, 4.69) is 111 Å². The Bertz CT molecular complexity index is 1140. The van der Waals surface area contributed by atoms with Gasteiger partial charge in [-0.05, 0) is 48.6 Å². The highest BCUT2D eigenvalue weighted by atomic mass is 31.1. The van der Waals surface area contributed by atoms with Crippen LogP contribution in [0.2, 0.25) is 0 Å². The van der Waals surface area contributed by atoms with E-state index in [4.69, 9.17) is 4.99 Å². The van der Waals surface area contributed by atoms with E-state index in [1.165, 1.54) is 33.7 Å². The van der Waals surface area contributed by atoms with Crippen molar-refractivity contribution in [3.05, 3.63) is 119 Å². The molecular formula is C28H26NP. The summed E-state index contributed by atoms with van der Waals surface area (Å²) < 4.78 is 0. The first-order chi connectivity index (χ1) is 14.7. The number of hydrogen-bond acceptors (Lipinski definition) is 1. The Morgan fingerprint density at radius 3 is 2.03 bits per heavy atom. The molecule has 0 aliphatic carbocycles. The van der Waals surface area contributed by atoms with Crippen LogP contribution in [0.4, 0.5) is 0 Å². The van der Waals surface area contributed by atoms with Gasteiger partial charge < -0.3 is 0 Å². The van der Waals surface area contributed by atoms with Crippen LogP contribution >= 0.6 is 7.92 Å². The van der Waals surface area contributed by atoms with Gasteiger partial charge in [0.25, 0.3) is 0 Å². The van der Waals surface area contributed by atoms with Crippen LogP contribution in [0.3, 0.4) is 0 Å². The van der Waals surface area contributed by atoms with Crippen molar-refractivity contribution in [1.29, 1.82) is 0 Å². The minimum Gasteiger partial charge on any atom is -0.288 e. The van der Waals surface area contributed by atoms with Crippen molar-refractivity contribution in [2.75, 3.05) is 6.16 Å². The largest absolute Gasteiger partial charge is 0.288 e. The van der Waals surface area contributed by atoms with Gasteiger partial charge in [-0.15, -0.1) is 0 Å². The van der Waals surface area contributed by atoms with Crippen molar-refractivity contribution >= 4 is 25.0 Å². The summed E-state index contributed by atoms with van der Waals surface area (Å²) in [6, 6.07) is 32.4. The molecule has 3 aromatic carbocycles. The third-order valence-corrected chi connectivity index (χ3v) is 9.47. The van der Waals surface area contributed by atoms with Crippen molar-refractivity contribution in [3.8, 4) is 0 Å². The summed E-state index contributed by atoms with van der Waals surface area (Å²) in [6.07, 6.45) is 3.40. The first-order valence-corrected chi connectivity index (χ1v) is 12.1. The van der Waals surface area contributed by atoms with Crippen molar-refractivity contribution in [3.63, 3.8) is 0 Å². The molecule has 2 atom stereocenters. The molecular weight excluding hydrogens is 381 g/mol. The number of rotatable bonds is 5. The minimum atomic E-state index is -0.393. The third-order valence-electron chi connectivity index (χ3n) is 6.47. The first kappa shape index (κ1) is 19.2. The van der Waals surface area contributed by atoms with Crippen LogP contribution in [-0.4, -0.2) is 12.4 Å². The third kappa shape index (κ3) is 3.18. The van der Waals surface area contributed by atoms with Gasteiger partial charge in [0.2, 0.25) is 0 Å². The normalized spacial score (nSPS) is 23.1. The minimum absolute atomic E-state index is 0.0896. The zero-order chi connectivity index (χ0) is 20.6. The Hall–Kier alpha value is -2.76. The average molecular weight is 407 g/mol. The lowest BCUT2D eigenvalue weighted by atomic mass is 9.74. The number of nitrogens with zero attached hydrogens (tertiary/aromatic N) is 1. The lowest BCUT2D eigenvalue weighted by Gasteiger charge is -2.30. The lowest BCUT2D eigenvalue weighted by Crippen LogP contribution is -2.19. The van der Waals surface area contributed by atoms with E-state index in [1.807, 2.05) is 0 Å². The molecule has 1 nitrogen and oxygen atoms in total. The molecule has 0 fully saturated rings. The maximum absolute atomic E-state index is 4.91. The Labute approximate surface area is 180 Å². The van der Waals surface area contributed by atoms with Crippen molar-refractivity contribution in [2.24, 2.45) is 10.4 Å². The molecule has 0 N–H and O–H groups in total. The van der Waals surface area contributed by atoms with Gasteiger partial charge in [0, 0.05) is 16.9 Å². The quantitative estimate of drug-likeness (QED) is 0.305. The van der Waals surface area contributed by atoms with Gasteiger partial charge >= 0.3 is 0 Å². The molecule has 2 bridgehead atoms. The van der Waals surface area contributed by atoms with E-state index in [-0.39, 0.29) is 5.41 Å². The molecule has 148 valence electrons. The highest BCUT2D eigenvalue weighted by molar-refractivity contribution is 7.74. The van der Waals surface area contributed by atoms with E-state index >= 15 is 0 Å². The molecule has 0 spiro atoms. The van der Waals surface area contributed by atoms with Gasteiger partial charge in [-0.1, -0.05) is 103 Å². The van der Waals surface area contributed by atoms with Gasteiger partial charge in [0.15, 0.2) is 0 Å². The maximum Gasteiger partial charge on any atom is 0.0640 e. The molecule has 2 heteroatoms. The van der Waals surface area contributed by atoms with Gasteiger partial charge in [0.05, 0.1) is 6.54 Å². The van der Waals surface area contributed by atoms with Crippen molar-refractivity contribution < 1.29 is 0 Å². The summed E-state index contributed by atoms with van der Waals surface area (Å²) in [5.41, 5.74) is 7.10. The molecule has 0 saturated heterocycles. The standard InChI is InChI=1S/C28H26NP/c1-21-27(24-16-10-5-11-17-24)30-20-28(21,2)26(23-14-8-4-9-15-23)25(30)19-29-18-22-12-6-3-7-13-22/h3-17,19H,18,20H2,1-2H3. The summed E-state index contributed by atoms with van der Waals surface area (Å²) in [7, 11) is -0.393. The van der Waals surface area contributed by atoms with Crippen LogP contribution in [0.15, 0.2) is 107 Å². The number of aliphatic imine (C=N–C) groups is 1. The monoisotopic (exact) mass is 407 g/mol. The molecule has 2 aliphatic heterocycles. The van der Waals surface area contributed by atoms with Crippen LogP contribution in [-0.2, 0) is 6.54 Å². The van der Waals surface area contributed by atoms with Crippen LogP contribution < -0.4 is 0 Å². The Morgan fingerprint density at radius 1 is 0.833 bits per heavy atom. The smallest absolute Gasteiger partial charge is 0.0640 e. The topological polar surface area (TPSA) is 12.4 Å². The second-order valence-corrected chi connectivity index (χ2v) is 10.4. The predicted octanol–water partition coefficient (Wildman–Crippen LogP) is 7.62. The molecule has 3 aromatic rings. The van der Waals surface area contributed by atoms with Crippen LogP contribution in [0.1, 0.15) is 30.5 Å². The fourth-order valence-electron chi connectivity index (χ4n) is 4.86. The zero-order valence-electron chi connectivity index (χ0n) is 17.5. The Kier molecular flexibility index (Phi) is 5.01. The molecule has 5 rings (SSSR count). The number of hydrogen-bond donors (Lipinski definition) is 0. The van der Waals surface area contributed by atoms with E-state index in [0.29, 0.717) is 0 Å². The summed E-state index contributed by atoms with van der Waals surface area (Å²) in [6.45, 7) is 5.52. The fraction of sp³-hybridized carbons (Fsp3) is 0.179. The summed E-state index contributed by atoms with van der Waals surface area (Å²) >= 11 is 0. The second kappa shape index (κ2) is 7.82. The van der Waals surface area contributed by atoms with Crippen LogP contribution in [0, 0.1) is 5.41 Å². The highest BCUT2D eigenvalue weighted by Crippen LogP contribution is 2.77. The number of allylic oxidation sites excluding steroid dienone is 3. The van der Waals surface area contributed by atoms with Gasteiger partial charge in [-0.2, -0.15) is 0 Å². The molecule has 2 heterocycles. The molecule has 0 saturated carbocycles. The second-order valence-electron chi connectivity index (χ2n) is 8.34. The van der Waals surface area contributed by atoms with E-state index in [1.54, 1.807) is 10.9 Å². The van der Waals surface area contributed by atoms with Crippen molar-refractivity contribution in [2.45, 2.75) is 20.4 Å². The molecule has 0 radical (unpaired) electrons. The zero-order valence-corrected chi connectivity index (χ0v) is 18.4. The number of fused-ring (bicyclic) bond motifs is 2. The highest BCUT2D eigenvalue weighted by Gasteiger charge is 2.51. The van der Waals surface area contributed by atoms with Gasteiger partial charge in [-0.25, -0.2) is 0 Å². The van der Waals surface area contributed by atoms with Crippen LogP contribution in [0.25, 0.3) is 10.9 Å². The van der Waals surface area contributed by atoms with Crippen molar-refractivity contribution in [1.82, 2.24) is 0 Å². The average Bonchev–Trinajstić information content (AvgIpc) is 3.23. The summed E-state index contributed by atoms with van der Waals surface area (Å²) in [4.78, 5) is 4.91. The Morgan fingerprint density at radius 2 is 1.40 bits per heavy atom. The Balaban J connectivity index is 1.59. The maximum atomic E-state index is 4.91. The van der Waals surface area contributed by atoms with E-state index in [9.17, 15) is 0 Å². The molecule has 0 aromatic heterocycles. The first-order valence-electron chi connectivity index (χ1n) is 10.6. The van der Waals surface area contributed by atoms with Crippen LogP contribution in [0.5, 0.6) is 0 Å². The molecule has 0 amide bonds. The summed E-state index contributed by atoms with van der Waals surface area (Å²) in [5, 5.41) is 3.02. The SMILES string of the molecule is CC1=C(c2ccccc2)P2CC1(C)C(c1ccccc1)=C2C=NCc1ccccc1. The molecule has 30 heavy (non-hydrogen) atoms. The summed E-state index contributed by atoms with van der Waals surface area (Å²) in [5.74, 6) is 0. The lowest BCUT2D eigenvalue weighted by molar-refractivity contribution is 0.631. The van der Waals surface area contributed by atoms with Gasteiger partial charge in [0.1, 0.15) is 0 Å². The van der Waals surface area contributed by atoms with E-state index < -0.39 is 7.92 Å². The molecule has 2 unspecified atom stereocenters. The number of benzene rings is 3. The molecule has 2 aliphatic rings. The predicted molar refractivity (Wildman–Crippen MR) is 131 cm³/mol. The fourth-order valence-corrected chi connectivity index (χ4v) is 8.44. The van der Waals surface area contributed by atoms with Gasteiger partial charge in [-0.3, -0.25) is 4.99 Å².